The van der Waals surface area contributed by atoms with Gasteiger partial charge in [-0.1, -0.05) is 25.5 Å². The fraction of sp³-hybridized carbons (Fsp3) is 0.818. The molecule has 1 nitrogen and oxygen atoms in total. The largest absolute Gasteiger partial charge is 0.313 e. The van der Waals surface area contributed by atoms with Gasteiger partial charge >= 0.3 is 0 Å². The zero-order valence-corrected chi connectivity index (χ0v) is 9.62. The number of nitrogens with one attached hydrogen (secondary N) is 1. The minimum Gasteiger partial charge on any atom is -0.313 e. The number of rotatable bonds is 5. The highest BCUT2D eigenvalue weighted by Crippen LogP contribution is 2.25. The highest BCUT2D eigenvalue weighted by Gasteiger charge is 2.12. The Kier molecular flexibility index (Phi) is 5.56. The van der Waals surface area contributed by atoms with Gasteiger partial charge in [-0.3, -0.25) is 0 Å². The van der Waals surface area contributed by atoms with Crippen molar-refractivity contribution in [2.75, 3.05) is 24.6 Å². The molecule has 1 atom stereocenters. The van der Waals surface area contributed by atoms with E-state index < -0.39 is 0 Å². The van der Waals surface area contributed by atoms with Gasteiger partial charge in [-0.05, 0) is 36.8 Å². The van der Waals surface area contributed by atoms with Crippen molar-refractivity contribution in [1.82, 2.24) is 5.32 Å². The van der Waals surface area contributed by atoms with Gasteiger partial charge in [-0.15, -0.1) is 0 Å². The number of hydrogen-bond donors (Lipinski definition) is 1. The Balaban J connectivity index is 2.33. The van der Waals surface area contributed by atoms with Crippen LogP contribution in [0.4, 0.5) is 0 Å². The van der Waals surface area contributed by atoms with E-state index in [2.05, 4.69) is 37.0 Å². The van der Waals surface area contributed by atoms with Crippen molar-refractivity contribution in [3.05, 3.63) is 11.6 Å². The van der Waals surface area contributed by atoms with Crippen LogP contribution in [-0.2, 0) is 0 Å². The molecule has 1 unspecified atom stereocenters. The molecule has 0 radical (unpaired) electrons. The summed E-state index contributed by atoms with van der Waals surface area (Å²) in [5, 5.41) is 3.40. The first-order valence-corrected chi connectivity index (χ1v) is 6.50. The number of likely N-dealkylation sites (N-methyl/N-ethyl adjacent to an activating group) is 1. The Morgan fingerprint density at radius 1 is 1.54 bits per heavy atom. The van der Waals surface area contributed by atoms with Gasteiger partial charge in [-0.2, -0.15) is 11.8 Å². The first-order valence-electron chi connectivity index (χ1n) is 5.34. The van der Waals surface area contributed by atoms with E-state index in [9.17, 15) is 0 Å². The van der Waals surface area contributed by atoms with Gasteiger partial charge in [0.15, 0.2) is 0 Å². The average Bonchev–Trinajstić information content (AvgIpc) is 2.64. The zero-order valence-electron chi connectivity index (χ0n) is 8.81. The maximum Gasteiger partial charge on any atom is 0.0164 e. The second kappa shape index (κ2) is 6.50. The molecule has 0 aromatic carbocycles. The van der Waals surface area contributed by atoms with E-state index >= 15 is 0 Å². The molecule has 1 saturated heterocycles. The predicted octanol–water partition coefficient (Wildman–Crippen LogP) is 2.69. The van der Waals surface area contributed by atoms with Crippen molar-refractivity contribution in [3.63, 3.8) is 0 Å². The molecule has 1 rings (SSSR count). The zero-order chi connectivity index (χ0) is 9.52. The molecule has 1 aliphatic heterocycles. The Bertz CT molecular complexity index is 159. The van der Waals surface area contributed by atoms with E-state index in [-0.39, 0.29) is 0 Å². The SMILES string of the molecule is CCNCC(=CC1CCSC1)CC. The molecule has 1 aliphatic rings. The third-order valence-electron chi connectivity index (χ3n) is 2.49. The summed E-state index contributed by atoms with van der Waals surface area (Å²) >= 11 is 2.09. The minimum absolute atomic E-state index is 0.860. The van der Waals surface area contributed by atoms with Crippen LogP contribution in [0.5, 0.6) is 0 Å². The number of hydrogen-bond acceptors (Lipinski definition) is 2. The summed E-state index contributed by atoms with van der Waals surface area (Å²) in [6.07, 6.45) is 5.09. The summed E-state index contributed by atoms with van der Waals surface area (Å²) in [6, 6.07) is 0. The van der Waals surface area contributed by atoms with E-state index in [4.69, 9.17) is 0 Å². The molecule has 1 fully saturated rings. The van der Waals surface area contributed by atoms with E-state index in [0.29, 0.717) is 0 Å². The van der Waals surface area contributed by atoms with E-state index in [1.165, 1.54) is 24.3 Å². The lowest BCUT2D eigenvalue weighted by molar-refractivity contribution is 0.707. The summed E-state index contributed by atoms with van der Waals surface area (Å²) in [6.45, 7) is 6.59. The van der Waals surface area contributed by atoms with Crippen molar-refractivity contribution in [2.24, 2.45) is 5.92 Å². The molecule has 2 heteroatoms. The van der Waals surface area contributed by atoms with Gasteiger partial charge in [0, 0.05) is 6.54 Å². The van der Waals surface area contributed by atoms with E-state index in [0.717, 1.165) is 19.0 Å². The maximum atomic E-state index is 3.40. The lowest BCUT2D eigenvalue weighted by atomic mass is 10.0. The van der Waals surface area contributed by atoms with Gasteiger partial charge in [0.1, 0.15) is 0 Å². The second-order valence-electron chi connectivity index (χ2n) is 3.58. The average molecular weight is 199 g/mol. The molecule has 0 aliphatic carbocycles. The molecule has 0 aromatic rings. The molecular weight excluding hydrogens is 178 g/mol. The highest BCUT2D eigenvalue weighted by molar-refractivity contribution is 7.99. The second-order valence-corrected chi connectivity index (χ2v) is 4.73. The molecule has 0 spiro atoms. The standard InChI is InChI=1S/C11H21NS/c1-3-10(8-12-4-2)7-11-5-6-13-9-11/h7,11-12H,3-6,8-9H2,1-2H3. The predicted molar refractivity (Wildman–Crippen MR) is 62.3 cm³/mol. The molecule has 76 valence electrons. The van der Waals surface area contributed by atoms with Crippen LogP contribution < -0.4 is 5.32 Å². The van der Waals surface area contributed by atoms with Crippen LogP contribution in [0.25, 0.3) is 0 Å². The molecular formula is C11H21NS. The molecule has 1 heterocycles. The fourth-order valence-corrected chi connectivity index (χ4v) is 2.81. The highest BCUT2D eigenvalue weighted by atomic mass is 32.2. The van der Waals surface area contributed by atoms with Crippen molar-refractivity contribution < 1.29 is 0 Å². The van der Waals surface area contributed by atoms with Gasteiger partial charge < -0.3 is 5.32 Å². The number of thioether (sulfide) groups is 1. The van der Waals surface area contributed by atoms with E-state index in [1.54, 1.807) is 5.57 Å². The van der Waals surface area contributed by atoms with Crippen molar-refractivity contribution in [3.8, 4) is 0 Å². The monoisotopic (exact) mass is 199 g/mol. The summed E-state index contributed by atoms with van der Waals surface area (Å²) in [5.74, 6) is 3.56. The van der Waals surface area contributed by atoms with Crippen LogP contribution in [0.3, 0.4) is 0 Å². The van der Waals surface area contributed by atoms with Crippen molar-refractivity contribution in [2.45, 2.75) is 26.7 Å². The van der Waals surface area contributed by atoms with Crippen LogP contribution in [0.1, 0.15) is 26.7 Å². The topological polar surface area (TPSA) is 12.0 Å². The molecule has 0 amide bonds. The molecule has 1 N–H and O–H groups in total. The van der Waals surface area contributed by atoms with Gasteiger partial charge in [0.25, 0.3) is 0 Å². The van der Waals surface area contributed by atoms with Crippen LogP contribution in [-0.4, -0.2) is 24.6 Å². The summed E-state index contributed by atoms with van der Waals surface area (Å²) in [5.41, 5.74) is 1.59. The van der Waals surface area contributed by atoms with Crippen LogP contribution in [0.15, 0.2) is 11.6 Å². The number of allylic oxidation sites excluding steroid dienone is 1. The quantitative estimate of drug-likeness (QED) is 0.683. The normalized spacial score (nSPS) is 23.8. The van der Waals surface area contributed by atoms with E-state index in [1.807, 2.05) is 0 Å². The fourth-order valence-electron chi connectivity index (χ4n) is 1.60. The maximum absolute atomic E-state index is 3.40. The Morgan fingerprint density at radius 2 is 2.38 bits per heavy atom. The summed E-state index contributed by atoms with van der Waals surface area (Å²) < 4.78 is 0. The summed E-state index contributed by atoms with van der Waals surface area (Å²) in [4.78, 5) is 0. The molecule has 0 aromatic heterocycles. The van der Waals surface area contributed by atoms with Gasteiger partial charge in [-0.25, -0.2) is 0 Å². The lowest BCUT2D eigenvalue weighted by Crippen LogP contribution is -2.16. The van der Waals surface area contributed by atoms with Crippen LogP contribution >= 0.6 is 11.8 Å². The first-order chi connectivity index (χ1) is 6.36. The Hall–Kier alpha value is 0.0500. The van der Waals surface area contributed by atoms with Gasteiger partial charge in [0.05, 0.1) is 0 Å². The first kappa shape index (κ1) is 11.1. The molecule has 13 heavy (non-hydrogen) atoms. The minimum atomic E-state index is 0.860. The Morgan fingerprint density at radius 3 is 2.92 bits per heavy atom. The smallest absolute Gasteiger partial charge is 0.0164 e. The lowest BCUT2D eigenvalue weighted by Gasteiger charge is -2.08. The Labute approximate surface area is 86.4 Å². The van der Waals surface area contributed by atoms with Crippen LogP contribution in [0.2, 0.25) is 0 Å². The summed E-state index contributed by atoms with van der Waals surface area (Å²) in [7, 11) is 0. The third kappa shape index (κ3) is 4.19. The van der Waals surface area contributed by atoms with Crippen LogP contribution in [0, 0.1) is 5.92 Å². The van der Waals surface area contributed by atoms with Crippen molar-refractivity contribution in [1.29, 1.82) is 0 Å². The van der Waals surface area contributed by atoms with Gasteiger partial charge in [0.2, 0.25) is 0 Å². The van der Waals surface area contributed by atoms with Crippen molar-refractivity contribution >= 4 is 11.8 Å². The molecule has 0 saturated carbocycles. The third-order valence-corrected chi connectivity index (χ3v) is 3.68. The molecule has 0 bridgehead atoms.